The maximum Gasteiger partial charge on any atom is 0.0512 e. The zero-order valence-electron chi connectivity index (χ0n) is 11.2. The Labute approximate surface area is 127 Å². The predicted molar refractivity (Wildman–Crippen MR) is 85.0 cm³/mol. The lowest BCUT2D eigenvalue weighted by molar-refractivity contribution is -0.00661. The summed E-state index contributed by atoms with van der Waals surface area (Å²) in [6.07, 6.45) is 9.74. The average molecular weight is 339 g/mol. The molecule has 2 bridgehead atoms. The van der Waals surface area contributed by atoms with Gasteiger partial charge in [0.05, 0.1) is 6.04 Å². The Bertz CT molecular complexity index is 486. The first-order valence-electron chi connectivity index (χ1n) is 7.17. The standard InChI is InChI=1S/C15H19BrN2S/c1-10-15(11-2-5-17(10)6-3-11)18-7-4-12-13(16)9-19-14(12)8-18/h4,7-8,10-11,15H,2-3,5-6,9H2,1H3/t10-,15-/m0/s1. The van der Waals surface area contributed by atoms with Crippen molar-refractivity contribution in [1.29, 1.82) is 0 Å². The van der Waals surface area contributed by atoms with Gasteiger partial charge in [-0.2, -0.15) is 0 Å². The van der Waals surface area contributed by atoms with Crippen LogP contribution in [0.2, 0.25) is 0 Å². The van der Waals surface area contributed by atoms with Crippen LogP contribution >= 0.6 is 27.7 Å². The molecule has 2 nitrogen and oxygen atoms in total. The van der Waals surface area contributed by atoms with Crippen LogP contribution in [0.15, 0.2) is 33.4 Å². The maximum absolute atomic E-state index is 3.68. The van der Waals surface area contributed by atoms with E-state index in [0.717, 1.165) is 11.7 Å². The van der Waals surface area contributed by atoms with Crippen LogP contribution in [0, 0.1) is 5.92 Å². The summed E-state index contributed by atoms with van der Waals surface area (Å²) in [4.78, 5) is 6.61. The number of halogens is 1. The Morgan fingerprint density at radius 1 is 1.32 bits per heavy atom. The smallest absolute Gasteiger partial charge is 0.0512 e. The van der Waals surface area contributed by atoms with E-state index in [0.29, 0.717) is 12.1 Å². The largest absolute Gasteiger partial charge is 0.348 e. The second kappa shape index (κ2) is 4.68. The highest BCUT2D eigenvalue weighted by Crippen LogP contribution is 2.44. The molecule has 0 saturated carbocycles. The molecular formula is C15H19BrN2S. The topological polar surface area (TPSA) is 6.48 Å². The number of hydrogen-bond donors (Lipinski definition) is 0. The fourth-order valence-corrected chi connectivity index (χ4v) is 5.81. The van der Waals surface area contributed by atoms with Crippen LogP contribution in [0.4, 0.5) is 0 Å². The van der Waals surface area contributed by atoms with Gasteiger partial charge in [-0.05, 0) is 44.8 Å². The normalized spacial score (nSPS) is 40.7. The minimum Gasteiger partial charge on any atom is -0.348 e. The molecule has 0 aromatic carbocycles. The highest BCUT2D eigenvalue weighted by Gasteiger charge is 2.42. The SMILES string of the molecule is C[C@H]1[C@H](N2C=CC3=C(Br)CSC3=C2)C2CCN1CC2. The molecule has 0 amide bonds. The van der Waals surface area contributed by atoms with Gasteiger partial charge in [0.1, 0.15) is 0 Å². The molecule has 0 aromatic heterocycles. The fraction of sp³-hybridized carbons (Fsp3) is 0.600. The van der Waals surface area contributed by atoms with Gasteiger partial charge in [-0.3, -0.25) is 4.90 Å². The molecule has 5 heterocycles. The Morgan fingerprint density at radius 3 is 2.84 bits per heavy atom. The third-order valence-electron chi connectivity index (χ3n) is 5.06. The van der Waals surface area contributed by atoms with Gasteiger partial charge in [0, 0.05) is 39.2 Å². The summed E-state index contributed by atoms with van der Waals surface area (Å²) < 4.78 is 1.35. The Kier molecular flexibility index (Phi) is 3.09. The summed E-state index contributed by atoms with van der Waals surface area (Å²) in [5.74, 6) is 1.97. The van der Waals surface area contributed by atoms with Crippen LogP contribution in [-0.4, -0.2) is 40.7 Å². The van der Waals surface area contributed by atoms with E-state index < -0.39 is 0 Å². The number of piperidine rings is 3. The third-order valence-corrected chi connectivity index (χ3v) is 7.21. The van der Waals surface area contributed by atoms with Crippen molar-refractivity contribution in [1.82, 2.24) is 9.80 Å². The van der Waals surface area contributed by atoms with Gasteiger partial charge >= 0.3 is 0 Å². The van der Waals surface area contributed by atoms with Crippen molar-refractivity contribution in [2.45, 2.75) is 31.8 Å². The van der Waals surface area contributed by atoms with E-state index in [2.05, 4.69) is 51.1 Å². The van der Waals surface area contributed by atoms with Crippen molar-refractivity contribution in [2.24, 2.45) is 5.92 Å². The van der Waals surface area contributed by atoms with E-state index >= 15 is 0 Å². The van der Waals surface area contributed by atoms with Crippen molar-refractivity contribution < 1.29 is 0 Å². The van der Waals surface area contributed by atoms with E-state index in [9.17, 15) is 0 Å². The molecule has 0 aliphatic carbocycles. The van der Waals surface area contributed by atoms with Gasteiger partial charge < -0.3 is 4.90 Å². The van der Waals surface area contributed by atoms with Crippen molar-refractivity contribution in [3.05, 3.63) is 33.4 Å². The van der Waals surface area contributed by atoms with Crippen LogP contribution < -0.4 is 0 Å². The van der Waals surface area contributed by atoms with Gasteiger partial charge in [0.15, 0.2) is 0 Å². The number of hydrogen-bond acceptors (Lipinski definition) is 3. The Morgan fingerprint density at radius 2 is 2.11 bits per heavy atom. The lowest BCUT2D eigenvalue weighted by Crippen LogP contribution is -2.60. The van der Waals surface area contributed by atoms with Crippen molar-refractivity contribution in [3.8, 4) is 0 Å². The van der Waals surface area contributed by atoms with E-state index in [-0.39, 0.29) is 0 Å². The molecule has 0 N–H and O–H groups in total. The van der Waals surface area contributed by atoms with Gasteiger partial charge in [-0.1, -0.05) is 15.9 Å². The molecular weight excluding hydrogens is 320 g/mol. The monoisotopic (exact) mass is 338 g/mol. The number of nitrogens with zero attached hydrogens (tertiary/aromatic N) is 2. The Hall–Kier alpha value is -0.190. The summed E-state index contributed by atoms with van der Waals surface area (Å²) in [6, 6.07) is 1.36. The number of fused-ring (bicyclic) bond motifs is 4. The molecule has 3 fully saturated rings. The van der Waals surface area contributed by atoms with Crippen LogP contribution in [0.3, 0.4) is 0 Å². The maximum atomic E-state index is 3.68. The second-order valence-electron chi connectivity index (χ2n) is 5.97. The molecule has 0 unspecified atom stereocenters. The fourth-order valence-electron chi connectivity index (χ4n) is 4.00. The molecule has 0 radical (unpaired) electrons. The van der Waals surface area contributed by atoms with Gasteiger partial charge in [-0.25, -0.2) is 0 Å². The van der Waals surface area contributed by atoms with E-state index in [4.69, 9.17) is 0 Å². The van der Waals surface area contributed by atoms with E-state index in [1.165, 1.54) is 40.9 Å². The van der Waals surface area contributed by atoms with Crippen molar-refractivity contribution >= 4 is 27.7 Å². The van der Waals surface area contributed by atoms with Crippen LogP contribution in [0.5, 0.6) is 0 Å². The highest BCUT2D eigenvalue weighted by molar-refractivity contribution is 9.12. The molecule has 5 aliphatic heterocycles. The minimum absolute atomic E-state index is 0.674. The van der Waals surface area contributed by atoms with Crippen molar-refractivity contribution in [2.75, 3.05) is 18.8 Å². The minimum atomic E-state index is 0.674. The molecule has 0 aromatic rings. The molecule has 102 valence electrons. The highest BCUT2D eigenvalue weighted by atomic mass is 79.9. The zero-order chi connectivity index (χ0) is 13.0. The lowest BCUT2D eigenvalue weighted by Gasteiger charge is -2.53. The molecule has 2 atom stereocenters. The quantitative estimate of drug-likeness (QED) is 0.722. The lowest BCUT2D eigenvalue weighted by atomic mass is 9.78. The molecule has 19 heavy (non-hydrogen) atoms. The first kappa shape index (κ1) is 12.5. The summed E-state index contributed by atoms with van der Waals surface area (Å²) >= 11 is 5.64. The summed E-state index contributed by atoms with van der Waals surface area (Å²) in [5.41, 5.74) is 1.40. The third kappa shape index (κ3) is 1.95. The van der Waals surface area contributed by atoms with Crippen molar-refractivity contribution in [3.63, 3.8) is 0 Å². The van der Waals surface area contributed by atoms with E-state index in [1.807, 2.05) is 11.8 Å². The van der Waals surface area contributed by atoms with Gasteiger partial charge in [0.2, 0.25) is 0 Å². The molecule has 4 heteroatoms. The van der Waals surface area contributed by atoms with E-state index in [1.54, 1.807) is 0 Å². The van der Waals surface area contributed by atoms with Gasteiger partial charge in [0.25, 0.3) is 0 Å². The summed E-state index contributed by atoms with van der Waals surface area (Å²) in [5, 5.41) is 0. The second-order valence-corrected chi connectivity index (χ2v) is 7.94. The first-order chi connectivity index (χ1) is 9.24. The number of rotatable bonds is 1. The number of thioether (sulfide) groups is 1. The zero-order valence-corrected chi connectivity index (χ0v) is 13.6. The molecule has 5 rings (SSSR count). The average Bonchev–Trinajstić information content (AvgIpc) is 2.81. The Balaban J connectivity index is 1.63. The molecule has 3 saturated heterocycles. The first-order valence-corrected chi connectivity index (χ1v) is 8.95. The number of allylic oxidation sites excluding steroid dienone is 2. The molecule has 0 spiro atoms. The summed E-state index contributed by atoms with van der Waals surface area (Å²) in [7, 11) is 0. The van der Waals surface area contributed by atoms with Gasteiger partial charge in [-0.15, -0.1) is 11.8 Å². The molecule has 5 aliphatic rings. The van der Waals surface area contributed by atoms with Crippen LogP contribution in [0.1, 0.15) is 19.8 Å². The predicted octanol–water partition coefficient (Wildman–Crippen LogP) is 3.54. The summed E-state index contributed by atoms with van der Waals surface area (Å²) in [6.45, 7) is 5.02. The van der Waals surface area contributed by atoms with Crippen LogP contribution in [-0.2, 0) is 0 Å². The van der Waals surface area contributed by atoms with Crippen LogP contribution in [0.25, 0.3) is 0 Å².